The van der Waals surface area contributed by atoms with E-state index < -0.39 is 0 Å². The normalized spacial score (nSPS) is 10.3. The van der Waals surface area contributed by atoms with Crippen LogP contribution in [0.4, 0.5) is 5.69 Å². The van der Waals surface area contributed by atoms with Crippen molar-refractivity contribution in [2.75, 3.05) is 5.73 Å². The van der Waals surface area contributed by atoms with Gasteiger partial charge in [0, 0.05) is 10.0 Å². The van der Waals surface area contributed by atoms with Crippen molar-refractivity contribution in [1.82, 2.24) is 0 Å². The van der Waals surface area contributed by atoms with Crippen molar-refractivity contribution >= 4 is 37.5 Å². The predicted molar refractivity (Wildman–Crippen MR) is 57.4 cm³/mol. The molecule has 1 aromatic rings. The third-order valence-corrected chi connectivity index (χ3v) is 3.85. The molecular formula is C8H9Br2NO. The number of rotatable bonds is 0. The summed E-state index contributed by atoms with van der Waals surface area (Å²) in [7, 11) is 0. The fourth-order valence-electron chi connectivity index (χ4n) is 0.931. The van der Waals surface area contributed by atoms with Crippen molar-refractivity contribution in [2.45, 2.75) is 13.8 Å². The molecule has 0 saturated carbocycles. The van der Waals surface area contributed by atoms with Crippen LogP contribution in [0.2, 0.25) is 0 Å². The summed E-state index contributed by atoms with van der Waals surface area (Å²) in [6.07, 6.45) is 0. The van der Waals surface area contributed by atoms with Gasteiger partial charge in [-0.2, -0.15) is 0 Å². The molecular weight excluding hydrogens is 286 g/mol. The van der Waals surface area contributed by atoms with E-state index in [2.05, 4.69) is 31.9 Å². The molecule has 4 heteroatoms. The van der Waals surface area contributed by atoms with E-state index in [-0.39, 0.29) is 5.75 Å². The Labute approximate surface area is 88.0 Å². The number of aromatic hydroxyl groups is 1. The Kier molecular flexibility index (Phi) is 2.68. The van der Waals surface area contributed by atoms with E-state index in [0.29, 0.717) is 10.2 Å². The molecule has 0 aliphatic carbocycles. The second kappa shape index (κ2) is 3.26. The third kappa shape index (κ3) is 1.33. The average Bonchev–Trinajstić information content (AvgIpc) is 2.08. The van der Waals surface area contributed by atoms with Crippen LogP contribution in [0.5, 0.6) is 5.75 Å². The molecule has 0 atom stereocenters. The number of anilines is 1. The first-order valence-corrected chi connectivity index (χ1v) is 4.98. The molecule has 0 radical (unpaired) electrons. The fourth-order valence-corrected chi connectivity index (χ4v) is 1.93. The molecule has 0 bridgehead atoms. The highest BCUT2D eigenvalue weighted by atomic mass is 79.9. The zero-order valence-electron chi connectivity index (χ0n) is 6.78. The van der Waals surface area contributed by atoms with Crippen LogP contribution in [0.3, 0.4) is 0 Å². The van der Waals surface area contributed by atoms with Gasteiger partial charge in [-0.05, 0) is 51.3 Å². The average molecular weight is 295 g/mol. The summed E-state index contributed by atoms with van der Waals surface area (Å²) in [6.45, 7) is 3.66. The zero-order chi connectivity index (χ0) is 9.46. The molecule has 66 valence electrons. The van der Waals surface area contributed by atoms with Crippen LogP contribution in [0, 0.1) is 13.8 Å². The maximum atomic E-state index is 9.56. The molecule has 0 amide bonds. The van der Waals surface area contributed by atoms with Crippen LogP contribution in [0.1, 0.15) is 11.1 Å². The van der Waals surface area contributed by atoms with Crippen molar-refractivity contribution in [1.29, 1.82) is 0 Å². The Hall–Kier alpha value is -0.220. The molecule has 2 nitrogen and oxygen atoms in total. The van der Waals surface area contributed by atoms with Crippen molar-refractivity contribution in [3.63, 3.8) is 0 Å². The first-order chi connectivity index (χ1) is 5.46. The topological polar surface area (TPSA) is 46.2 Å². The van der Waals surface area contributed by atoms with E-state index in [9.17, 15) is 5.11 Å². The van der Waals surface area contributed by atoms with Gasteiger partial charge in [-0.15, -0.1) is 0 Å². The Morgan fingerprint density at radius 2 is 1.58 bits per heavy atom. The Morgan fingerprint density at radius 1 is 1.08 bits per heavy atom. The molecule has 0 fully saturated rings. The van der Waals surface area contributed by atoms with Crippen molar-refractivity contribution in [3.05, 3.63) is 20.1 Å². The van der Waals surface area contributed by atoms with Crippen LogP contribution in [0.25, 0.3) is 0 Å². The highest BCUT2D eigenvalue weighted by Crippen LogP contribution is 2.40. The van der Waals surface area contributed by atoms with Gasteiger partial charge in [-0.1, -0.05) is 0 Å². The summed E-state index contributed by atoms with van der Waals surface area (Å²) in [5.74, 6) is 0.244. The third-order valence-electron chi connectivity index (χ3n) is 1.86. The second-order valence-electron chi connectivity index (χ2n) is 2.64. The van der Waals surface area contributed by atoms with Crippen LogP contribution < -0.4 is 5.73 Å². The number of hydrogen-bond donors (Lipinski definition) is 2. The molecule has 0 aliphatic heterocycles. The number of hydrogen-bond acceptors (Lipinski definition) is 2. The summed E-state index contributed by atoms with van der Waals surface area (Å²) in [5, 5.41) is 9.56. The number of nitrogens with two attached hydrogens (primary N) is 1. The molecule has 0 aromatic heterocycles. The first-order valence-electron chi connectivity index (χ1n) is 3.39. The summed E-state index contributed by atoms with van der Waals surface area (Å²) in [6, 6.07) is 0. The maximum Gasteiger partial charge on any atom is 0.134 e. The summed E-state index contributed by atoms with van der Waals surface area (Å²) in [5.41, 5.74) is 8.03. The van der Waals surface area contributed by atoms with Crippen LogP contribution in [-0.2, 0) is 0 Å². The lowest BCUT2D eigenvalue weighted by Crippen LogP contribution is -1.95. The van der Waals surface area contributed by atoms with Gasteiger partial charge in [-0.3, -0.25) is 0 Å². The van der Waals surface area contributed by atoms with Gasteiger partial charge in [0.2, 0.25) is 0 Å². The molecule has 3 N–H and O–H groups in total. The summed E-state index contributed by atoms with van der Waals surface area (Å²) in [4.78, 5) is 0. The van der Waals surface area contributed by atoms with Gasteiger partial charge in [0.05, 0.1) is 10.2 Å². The predicted octanol–water partition coefficient (Wildman–Crippen LogP) is 3.12. The molecule has 0 spiro atoms. The number of benzene rings is 1. The van der Waals surface area contributed by atoms with Crippen molar-refractivity contribution in [3.8, 4) is 5.75 Å². The number of phenolic OH excluding ortho intramolecular Hbond substituents is 1. The molecule has 0 saturated heterocycles. The minimum Gasteiger partial charge on any atom is -0.506 e. The van der Waals surface area contributed by atoms with E-state index in [1.54, 1.807) is 6.92 Å². The molecule has 0 aliphatic rings. The Balaban J connectivity index is 3.60. The SMILES string of the molecule is Cc1c(O)c(Br)c(C)c(N)c1Br. The van der Waals surface area contributed by atoms with E-state index in [4.69, 9.17) is 5.73 Å². The summed E-state index contributed by atoms with van der Waals surface area (Å²) >= 11 is 6.57. The highest BCUT2D eigenvalue weighted by molar-refractivity contribution is 9.11. The molecule has 0 heterocycles. The van der Waals surface area contributed by atoms with E-state index in [1.807, 2.05) is 6.92 Å². The van der Waals surface area contributed by atoms with Crippen LogP contribution in [0.15, 0.2) is 8.95 Å². The van der Waals surface area contributed by atoms with Crippen LogP contribution in [-0.4, -0.2) is 5.11 Å². The van der Waals surface area contributed by atoms with Crippen molar-refractivity contribution < 1.29 is 5.11 Å². The first kappa shape index (κ1) is 9.86. The number of phenols is 1. The Bertz CT molecular complexity index is 231. The smallest absolute Gasteiger partial charge is 0.134 e. The van der Waals surface area contributed by atoms with E-state index >= 15 is 0 Å². The lowest BCUT2D eigenvalue weighted by molar-refractivity contribution is 0.467. The fraction of sp³-hybridized carbons (Fsp3) is 0.250. The molecule has 0 unspecified atom stereocenters. The minimum absolute atomic E-state index is 0.244. The molecule has 1 aromatic carbocycles. The van der Waals surface area contributed by atoms with E-state index in [0.717, 1.165) is 15.6 Å². The van der Waals surface area contributed by atoms with E-state index in [1.165, 1.54) is 0 Å². The van der Waals surface area contributed by atoms with Gasteiger partial charge < -0.3 is 10.8 Å². The Morgan fingerprint density at radius 3 is 2.08 bits per heavy atom. The van der Waals surface area contributed by atoms with Gasteiger partial charge in [0.1, 0.15) is 5.75 Å². The lowest BCUT2D eigenvalue weighted by atomic mass is 10.1. The molecule has 12 heavy (non-hydrogen) atoms. The lowest BCUT2D eigenvalue weighted by Gasteiger charge is -2.11. The monoisotopic (exact) mass is 293 g/mol. The minimum atomic E-state index is 0.244. The van der Waals surface area contributed by atoms with Gasteiger partial charge in [0.25, 0.3) is 0 Å². The largest absolute Gasteiger partial charge is 0.506 e. The standard InChI is InChI=1S/C8H9Br2NO/c1-3-6(10)8(12)4(2)5(9)7(3)11/h12H,11H2,1-2H3. The van der Waals surface area contributed by atoms with Gasteiger partial charge in [-0.25, -0.2) is 0 Å². The number of halogens is 2. The second-order valence-corrected chi connectivity index (χ2v) is 4.23. The highest BCUT2D eigenvalue weighted by Gasteiger charge is 2.13. The van der Waals surface area contributed by atoms with Crippen molar-refractivity contribution in [2.24, 2.45) is 0 Å². The zero-order valence-corrected chi connectivity index (χ0v) is 9.95. The van der Waals surface area contributed by atoms with Gasteiger partial charge in [0.15, 0.2) is 0 Å². The van der Waals surface area contributed by atoms with Crippen LogP contribution >= 0.6 is 31.9 Å². The number of nitrogen functional groups attached to an aromatic ring is 1. The molecule has 1 rings (SSSR count). The maximum absolute atomic E-state index is 9.56. The summed E-state index contributed by atoms with van der Waals surface area (Å²) < 4.78 is 1.43. The van der Waals surface area contributed by atoms with Gasteiger partial charge >= 0.3 is 0 Å². The quantitative estimate of drug-likeness (QED) is 0.570.